The molecule has 1 heterocycles. The van der Waals surface area contributed by atoms with Gasteiger partial charge in [0.2, 0.25) is 0 Å². The lowest BCUT2D eigenvalue weighted by atomic mass is 9.69. The lowest BCUT2D eigenvalue weighted by Gasteiger charge is -2.36. The zero-order chi connectivity index (χ0) is 19.9. The number of aromatic nitrogens is 2. The van der Waals surface area contributed by atoms with E-state index in [0.717, 1.165) is 18.7 Å². The number of halogens is 1. The second-order valence-electron chi connectivity index (χ2n) is 9.34. The molecule has 2 aliphatic carbocycles. The number of benzene rings is 1. The number of hydrogen-bond acceptors (Lipinski definition) is 3. The van der Waals surface area contributed by atoms with Crippen LogP contribution < -0.4 is 4.72 Å². The van der Waals surface area contributed by atoms with Crippen molar-refractivity contribution in [3.63, 3.8) is 0 Å². The summed E-state index contributed by atoms with van der Waals surface area (Å²) >= 11 is 1.83. The van der Waals surface area contributed by atoms with Gasteiger partial charge >= 0.3 is 0 Å². The first-order valence-electron chi connectivity index (χ1n) is 10.2. The summed E-state index contributed by atoms with van der Waals surface area (Å²) in [6.45, 7) is 10.2. The molecule has 4 rings (SSSR count). The first kappa shape index (κ1) is 19.7. The Morgan fingerprint density at radius 3 is 2.75 bits per heavy atom. The van der Waals surface area contributed by atoms with Gasteiger partial charge in [-0.25, -0.2) is 9.07 Å². The Kier molecular flexibility index (Phi) is 5.17. The number of nitrogens with one attached hydrogen (secondary N) is 1. The molecule has 1 saturated carbocycles. The largest absolute Gasteiger partial charge is 0.264 e. The standard InChI is InChI=1S/C23H30FN3S/c1-22(2,3)28-26-12-11-17-5-6-18-13-21-16(14-23(17,18)4)15-25-27(21)20-9-7-19(24)8-10-20/h7-10,13,15,17,26H,5-6,11-12,14H2,1-4H3/t17-,23?/m1/s1. The smallest absolute Gasteiger partial charge is 0.123 e. The van der Waals surface area contributed by atoms with Crippen LogP contribution in [-0.2, 0) is 6.42 Å². The molecule has 0 aliphatic heterocycles. The summed E-state index contributed by atoms with van der Waals surface area (Å²) in [7, 11) is 0. The maximum atomic E-state index is 13.3. The van der Waals surface area contributed by atoms with Crippen LogP contribution in [0.5, 0.6) is 0 Å². The molecule has 2 aliphatic rings. The van der Waals surface area contributed by atoms with Crippen LogP contribution in [0.25, 0.3) is 11.8 Å². The summed E-state index contributed by atoms with van der Waals surface area (Å²) in [6.07, 6.45) is 9.04. The minimum absolute atomic E-state index is 0.215. The second-order valence-corrected chi connectivity index (χ2v) is 11.1. The van der Waals surface area contributed by atoms with E-state index in [1.165, 1.54) is 42.7 Å². The quantitative estimate of drug-likeness (QED) is 0.509. The first-order chi connectivity index (χ1) is 13.3. The van der Waals surface area contributed by atoms with Crippen LogP contribution in [0.1, 0.15) is 58.2 Å². The van der Waals surface area contributed by atoms with E-state index in [1.54, 1.807) is 17.7 Å². The molecule has 5 heteroatoms. The number of allylic oxidation sites excluding steroid dienone is 1. The lowest BCUT2D eigenvalue weighted by Crippen LogP contribution is -2.31. The highest BCUT2D eigenvalue weighted by Crippen LogP contribution is 2.54. The van der Waals surface area contributed by atoms with Gasteiger partial charge in [0.15, 0.2) is 0 Å². The van der Waals surface area contributed by atoms with Gasteiger partial charge in [-0.1, -0.05) is 24.4 Å². The average Bonchev–Trinajstić information content (AvgIpc) is 3.16. The molecule has 1 aromatic heterocycles. The molecule has 2 aromatic rings. The molecular formula is C23H30FN3S. The predicted molar refractivity (Wildman–Crippen MR) is 116 cm³/mol. The SMILES string of the molecule is CC(C)(C)SNCC[C@H]1CCC2=Cc3c(cnn3-c3ccc(F)cc3)CC21C. The van der Waals surface area contributed by atoms with Crippen LogP contribution in [0, 0.1) is 17.2 Å². The van der Waals surface area contributed by atoms with Gasteiger partial charge in [0, 0.05) is 11.3 Å². The van der Waals surface area contributed by atoms with E-state index in [-0.39, 0.29) is 16.0 Å². The Balaban J connectivity index is 1.51. The van der Waals surface area contributed by atoms with E-state index in [0.29, 0.717) is 5.92 Å². The Hall–Kier alpha value is -1.59. The van der Waals surface area contributed by atoms with Gasteiger partial charge in [0.1, 0.15) is 5.82 Å². The molecule has 0 amide bonds. The van der Waals surface area contributed by atoms with Gasteiger partial charge < -0.3 is 0 Å². The van der Waals surface area contributed by atoms with Gasteiger partial charge in [0.25, 0.3) is 0 Å². The summed E-state index contributed by atoms with van der Waals surface area (Å²) in [5.74, 6) is 0.488. The van der Waals surface area contributed by atoms with E-state index < -0.39 is 0 Å². The summed E-state index contributed by atoms with van der Waals surface area (Å²) in [5.41, 5.74) is 5.18. The van der Waals surface area contributed by atoms with Crippen LogP contribution in [0.15, 0.2) is 36.0 Å². The molecule has 150 valence electrons. The Bertz CT molecular complexity index is 878. The van der Waals surface area contributed by atoms with Gasteiger partial charge in [-0.3, -0.25) is 4.72 Å². The minimum Gasteiger partial charge on any atom is -0.264 e. The Morgan fingerprint density at radius 1 is 1.29 bits per heavy atom. The van der Waals surface area contributed by atoms with Crippen molar-refractivity contribution in [1.82, 2.24) is 14.5 Å². The summed E-state index contributed by atoms with van der Waals surface area (Å²) in [5, 5.41) is 4.62. The third-order valence-corrected chi connectivity index (χ3v) is 7.16. The van der Waals surface area contributed by atoms with Gasteiger partial charge in [-0.2, -0.15) is 5.10 Å². The average molecular weight is 400 g/mol. The van der Waals surface area contributed by atoms with Crippen molar-refractivity contribution < 1.29 is 4.39 Å². The molecule has 3 nitrogen and oxygen atoms in total. The molecular weight excluding hydrogens is 369 g/mol. The molecule has 2 atom stereocenters. The molecule has 28 heavy (non-hydrogen) atoms. The van der Waals surface area contributed by atoms with Crippen LogP contribution in [-0.4, -0.2) is 21.1 Å². The van der Waals surface area contributed by atoms with Crippen LogP contribution >= 0.6 is 11.9 Å². The van der Waals surface area contributed by atoms with E-state index in [1.807, 2.05) is 22.8 Å². The van der Waals surface area contributed by atoms with Crippen molar-refractivity contribution in [2.24, 2.45) is 11.3 Å². The maximum Gasteiger partial charge on any atom is 0.123 e. The summed E-state index contributed by atoms with van der Waals surface area (Å²) < 4.78 is 19.0. The molecule has 1 N–H and O–H groups in total. The number of rotatable bonds is 5. The van der Waals surface area contributed by atoms with Crippen molar-refractivity contribution in [1.29, 1.82) is 0 Å². The molecule has 0 bridgehead atoms. The number of fused-ring (bicyclic) bond motifs is 2. The third-order valence-electron chi connectivity index (χ3n) is 6.20. The van der Waals surface area contributed by atoms with E-state index in [9.17, 15) is 4.39 Å². The van der Waals surface area contributed by atoms with Crippen LogP contribution in [0.3, 0.4) is 0 Å². The van der Waals surface area contributed by atoms with Crippen LogP contribution in [0.2, 0.25) is 0 Å². The molecule has 0 saturated heterocycles. The lowest BCUT2D eigenvalue weighted by molar-refractivity contribution is 0.258. The molecule has 1 aromatic carbocycles. The fourth-order valence-corrected chi connectivity index (χ4v) is 5.34. The van der Waals surface area contributed by atoms with Gasteiger partial charge in [-0.15, -0.1) is 0 Å². The number of nitrogens with zero attached hydrogens (tertiary/aromatic N) is 2. The van der Waals surface area contributed by atoms with E-state index in [2.05, 4.69) is 43.6 Å². The molecule has 1 fully saturated rings. The fraction of sp³-hybridized carbons (Fsp3) is 0.522. The zero-order valence-electron chi connectivity index (χ0n) is 17.3. The van der Waals surface area contributed by atoms with E-state index >= 15 is 0 Å². The monoisotopic (exact) mass is 399 g/mol. The van der Waals surface area contributed by atoms with E-state index in [4.69, 9.17) is 0 Å². The van der Waals surface area contributed by atoms with Crippen molar-refractivity contribution in [2.45, 2.75) is 58.1 Å². The fourth-order valence-electron chi connectivity index (χ4n) is 4.69. The number of hydrogen-bond donors (Lipinski definition) is 1. The van der Waals surface area contributed by atoms with Crippen LogP contribution in [0.4, 0.5) is 4.39 Å². The topological polar surface area (TPSA) is 29.9 Å². The maximum absolute atomic E-state index is 13.3. The summed E-state index contributed by atoms with van der Waals surface area (Å²) in [6, 6.07) is 6.59. The first-order valence-corrected chi connectivity index (χ1v) is 11.0. The minimum atomic E-state index is -0.215. The van der Waals surface area contributed by atoms with Crippen molar-refractivity contribution in [3.05, 3.63) is 53.1 Å². The van der Waals surface area contributed by atoms with Gasteiger partial charge in [0.05, 0.1) is 17.6 Å². The highest BCUT2D eigenvalue weighted by molar-refractivity contribution is 7.98. The zero-order valence-corrected chi connectivity index (χ0v) is 18.1. The predicted octanol–water partition coefficient (Wildman–Crippen LogP) is 5.79. The second kappa shape index (κ2) is 7.34. The van der Waals surface area contributed by atoms with Gasteiger partial charge in [-0.05, 0) is 93.7 Å². The van der Waals surface area contributed by atoms with Crippen molar-refractivity contribution >= 4 is 18.0 Å². The molecule has 0 spiro atoms. The molecule has 1 unspecified atom stereocenters. The Morgan fingerprint density at radius 2 is 2.04 bits per heavy atom. The highest BCUT2D eigenvalue weighted by Gasteiger charge is 2.45. The van der Waals surface area contributed by atoms with Crippen molar-refractivity contribution in [3.8, 4) is 5.69 Å². The van der Waals surface area contributed by atoms with Crippen molar-refractivity contribution in [2.75, 3.05) is 6.54 Å². The molecule has 0 radical (unpaired) electrons. The normalized spacial score (nSPS) is 24.0. The Labute approximate surface area is 171 Å². The highest BCUT2D eigenvalue weighted by atomic mass is 32.2. The third kappa shape index (κ3) is 3.79. The summed E-state index contributed by atoms with van der Waals surface area (Å²) in [4.78, 5) is 0.